The summed E-state index contributed by atoms with van der Waals surface area (Å²) in [6.07, 6.45) is 1.34. The van der Waals surface area contributed by atoms with E-state index in [0.717, 1.165) is 11.3 Å². The number of hydrogen-bond donors (Lipinski definition) is 5. The number of thiophene rings is 1. The average molecular weight is 569 g/mol. The van der Waals surface area contributed by atoms with Crippen molar-refractivity contribution >= 4 is 44.8 Å². The Morgan fingerprint density at radius 2 is 2.11 bits per heavy atom. The van der Waals surface area contributed by atoms with Crippen LogP contribution in [-0.4, -0.2) is 58.2 Å². The molecule has 1 aliphatic carbocycles. The number of rotatable bonds is 10. The molecule has 1 fully saturated rings. The van der Waals surface area contributed by atoms with E-state index < -0.39 is 34.2 Å². The molecule has 198 valence electrons. The maximum absolute atomic E-state index is 13.4. The van der Waals surface area contributed by atoms with Crippen LogP contribution in [0.4, 0.5) is 5.82 Å². The number of carbonyl (C=O) groups is 1. The summed E-state index contributed by atoms with van der Waals surface area (Å²) < 4.78 is 26.8. The van der Waals surface area contributed by atoms with Crippen molar-refractivity contribution in [1.82, 2.24) is 9.97 Å². The van der Waals surface area contributed by atoms with Gasteiger partial charge < -0.3 is 20.6 Å². The number of anilines is 1. The van der Waals surface area contributed by atoms with Crippen molar-refractivity contribution < 1.29 is 32.7 Å². The molecule has 37 heavy (non-hydrogen) atoms. The fourth-order valence-corrected chi connectivity index (χ4v) is 5.85. The van der Waals surface area contributed by atoms with Gasteiger partial charge in [0, 0.05) is 33.6 Å². The van der Waals surface area contributed by atoms with E-state index in [1.807, 2.05) is 0 Å². The van der Waals surface area contributed by atoms with Gasteiger partial charge in [-0.3, -0.25) is 8.98 Å². The van der Waals surface area contributed by atoms with Gasteiger partial charge in [0.25, 0.3) is 0 Å². The van der Waals surface area contributed by atoms with Crippen LogP contribution >= 0.6 is 22.9 Å². The fraction of sp³-hybridized carbons (Fsp3) is 0.348. The maximum atomic E-state index is 13.4. The number of aliphatic hydroxyl groups is 3. The van der Waals surface area contributed by atoms with Gasteiger partial charge in [0.2, 0.25) is 5.78 Å². The highest BCUT2D eigenvalue weighted by Gasteiger charge is 2.35. The molecule has 3 aromatic rings. The molecule has 0 aliphatic heterocycles. The molecular formula is C23H25ClN4O7S2. The minimum atomic E-state index is -4.13. The summed E-state index contributed by atoms with van der Waals surface area (Å²) >= 11 is 7.09. The Bertz CT molecular complexity index is 1380. The van der Waals surface area contributed by atoms with E-state index in [4.69, 9.17) is 16.7 Å². The maximum Gasteiger partial charge on any atom is 0.333 e. The summed E-state index contributed by atoms with van der Waals surface area (Å²) in [4.78, 5) is 22.3. The third kappa shape index (κ3) is 6.69. The summed E-state index contributed by atoms with van der Waals surface area (Å²) in [5.41, 5.74) is 1.07. The van der Waals surface area contributed by atoms with E-state index in [1.165, 1.54) is 18.6 Å². The van der Waals surface area contributed by atoms with Crippen molar-refractivity contribution in [1.29, 1.82) is 0 Å². The first-order valence-electron chi connectivity index (χ1n) is 11.2. The Morgan fingerprint density at radius 1 is 1.32 bits per heavy atom. The van der Waals surface area contributed by atoms with Gasteiger partial charge in [0.1, 0.15) is 18.2 Å². The van der Waals surface area contributed by atoms with Gasteiger partial charge in [-0.2, -0.15) is 8.42 Å². The first kappa shape index (κ1) is 27.5. The third-order valence-corrected chi connectivity index (χ3v) is 7.90. The first-order chi connectivity index (χ1) is 17.6. The number of carbonyl (C=O) groups excluding carboxylic acids is 1. The second kappa shape index (κ2) is 11.5. The second-order valence-electron chi connectivity index (χ2n) is 8.64. The number of aliphatic hydroxyl groups excluding tert-OH is 3. The molecule has 1 saturated carbocycles. The minimum Gasteiger partial charge on any atom is -0.393 e. The van der Waals surface area contributed by atoms with Crippen LogP contribution in [-0.2, 0) is 21.1 Å². The number of aromatic nitrogens is 2. The highest BCUT2D eigenvalue weighted by atomic mass is 35.5. The number of nitrogens with zero attached hydrogens (tertiary/aromatic N) is 2. The zero-order valence-corrected chi connectivity index (χ0v) is 21.7. The monoisotopic (exact) mass is 568 g/mol. The zero-order chi connectivity index (χ0) is 26.7. The lowest BCUT2D eigenvalue weighted by Gasteiger charge is -2.15. The Morgan fingerprint density at radius 3 is 2.81 bits per heavy atom. The van der Waals surface area contributed by atoms with Crippen LogP contribution in [0.25, 0.3) is 0 Å². The van der Waals surface area contributed by atoms with E-state index in [1.54, 1.807) is 24.3 Å². The zero-order valence-electron chi connectivity index (χ0n) is 19.3. The van der Waals surface area contributed by atoms with Crippen molar-refractivity contribution in [3.05, 3.63) is 74.3 Å². The lowest BCUT2D eigenvalue weighted by molar-refractivity contribution is 0.101. The largest absolute Gasteiger partial charge is 0.393 e. The highest BCUT2D eigenvalue weighted by molar-refractivity contribution is 7.84. The van der Waals surface area contributed by atoms with Crippen LogP contribution in [0.15, 0.2) is 42.9 Å². The predicted molar refractivity (Wildman–Crippen MR) is 136 cm³/mol. The van der Waals surface area contributed by atoms with Gasteiger partial charge in [-0.15, -0.1) is 11.3 Å². The molecule has 14 heteroatoms. The number of benzene rings is 1. The summed E-state index contributed by atoms with van der Waals surface area (Å²) in [5.74, 6) is -0.655. The smallest absolute Gasteiger partial charge is 0.333 e. The lowest BCUT2D eigenvalue weighted by atomic mass is 10.0. The molecule has 11 nitrogen and oxygen atoms in total. The molecule has 2 heterocycles. The van der Waals surface area contributed by atoms with Gasteiger partial charge in [0.05, 0.1) is 29.8 Å². The molecule has 2 aromatic heterocycles. The predicted octanol–water partition coefficient (Wildman–Crippen LogP) is 1.77. The van der Waals surface area contributed by atoms with Crippen LogP contribution in [0.5, 0.6) is 0 Å². The second-order valence-corrected chi connectivity index (χ2v) is 11.4. The Kier molecular flexibility index (Phi) is 8.56. The van der Waals surface area contributed by atoms with Crippen molar-refractivity contribution in [2.24, 2.45) is 11.1 Å². The molecule has 6 N–H and O–H groups in total. The first-order valence-corrected chi connectivity index (χ1v) is 13.9. The number of halogens is 1. The Balaban J connectivity index is 1.54. The van der Waals surface area contributed by atoms with Crippen molar-refractivity contribution in [3.8, 4) is 0 Å². The topological polar surface area (TPSA) is 185 Å². The molecule has 0 amide bonds. The van der Waals surface area contributed by atoms with E-state index in [2.05, 4.69) is 19.5 Å². The molecule has 0 saturated heterocycles. The summed E-state index contributed by atoms with van der Waals surface area (Å²) in [6, 6.07) is 7.89. The molecule has 0 unspecified atom stereocenters. The van der Waals surface area contributed by atoms with Crippen LogP contribution < -0.4 is 10.5 Å². The summed E-state index contributed by atoms with van der Waals surface area (Å²) in [6.45, 7) is -0.631. The molecule has 0 radical (unpaired) electrons. The van der Waals surface area contributed by atoms with Crippen LogP contribution in [0.3, 0.4) is 0 Å². The molecule has 4 rings (SSSR count). The average Bonchev–Trinajstić information content (AvgIpc) is 3.45. The summed E-state index contributed by atoms with van der Waals surface area (Å²) in [7, 11) is -4.13. The van der Waals surface area contributed by atoms with E-state index >= 15 is 0 Å². The van der Waals surface area contributed by atoms with Crippen LogP contribution in [0, 0.1) is 5.92 Å². The third-order valence-electron chi connectivity index (χ3n) is 6.07. The minimum absolute atomic E-state index is 0.163. The van der Waals surface area contributed by atoms with Crippen molar-refractivity contribution in [2.45, 2.75) is 37.7 Å². The van der Waals surface area contributed by atoms with Gasteiger partial charge in [-0.05, 0) is 36.6 Å². The molecule has 1 aliphatic rings. The SMILES string of the molecule is NS(=O)(=O)OC[C@H]1C[C@@H](Nc2ncncc2C(=O)c2cc([C@@H](O)c3cccc(Cl)c3)c(CO)s2)C[C@@H]1O. The molecule has 4 atom stereocenters. The van der Waals surface area contributed by atoms with Gasteiger partial charge in [-0.25, -0.2) is 15.1 Å². The lowest BCUT2D eigenvalue weighted by Crippen LogP contribution is -2.24. The Labute approximate surface area is 222 Å². The van der Waals surface area contributed by atoms with Crippen LogP contribution in [0.2, 0.25) is 5.02 Å². The number of nitrogens with two attached hydrogens (primary N) is 1. The molecule has 1 aromatic carbocycles. The summed E-state index contributed by atoms with van der Waals surface area (Å²) in [5, 5.41) is 39.5. The van der Waals surface area contributed by atoms with Gasteiger partial charge in [-0.1, -0.05) is 23.7 Å². The molecule has 0 spiro atoms. The van der Waals surface area contributed by atoms with E-state index in [0.29, 0.717) is 27.4 Å². The highest BCUT2D eigenvalue weighted by Crippen LogP contribution is 2.35. The quantitative estimate of drug-likeness (QED) is 0.226. The Hall–Kier alpha value is -2.49. The standard InChI is InChI=1S/C23H25ClN4O7S2/c24-14-3-1-2-12(4-14)21(31)16-7-19(36-20(16)9-29)22(32)17-8-26-11-27-23(17)28-15-5-13(18(30)6-15)10-35-37(25,33)34/h1-4,7-8,11,13,15,18,21,29-31H,5-6,9-10H2,(H2,25,33,34)(H,26,27,28)/t13-,15-,18+,21+/m1/s1. The number of nitrogens with one attached hydrogen (secondary N) is 1. The normalized spacial score (nSPS) is 20.6. The van der Waals surface area contributed by atoms with Gasteiger partial charge >= 0.3 is 10.3 Å². The van der Waals surface area contributed by atoms with Crippen molar-refractivity contribution in [2.75, 3.05) is 11.9 Å². The van der Waals surface area contributed by atoms with E-state index in [-0.39, 0.29) is 41.9 Å². The van der Waals surface area contributed by atoms with Crippen molar-refractivity contribution in [3.63, 3.8) is 0 Å². The fourth-order valence-electron chi connectivity index (χ4n) is 4.28. The van der Waals surface area contributed by atoms with E-state index in [9.17, 15) is 28.5 Å². The van der Waals surface area contributed by atoms with Gasteiger partial charge in [0.15, 0.2) is 0 Å². The molecular weight excluding hydrogens is 544 g/mol. The number of hydrogen-bond acceptors (Lipinski definition) is 11. The van der Waals surface area contributed by atoms with Crippen LogP contribution in [0.1, 0.15) is 50.2 Å². The number of ketones is 1. The molecule has 0 bridgehead atoms.